The number of aliphatic hydroxyl groups is 1. The molecule has 0 aromatic carbocycles. The Labute approximate surface area is 172 Å². The zero-order valence-corrected chi connectivity index (χ0v) is 18.7. The lowest BCUT2D eigenvalue weighted by atomic mass is 9.54. The van der Waals surface area contributed by atoms with Crippen LogP contribution in [0.15, 0.2) is 46.8 Å². The molecule has 1 N–H and O–H groups in total. The molecule has 4 aliphatic carbocycles. The lowest BCUT2D eigenvalue weighted by Crippen LogP contribution is -2.40. The summed E-state index contributed by atoms with van der Waals surface area (Å²) in [7, 11) is 0. The molecule has 4 rings (SSSR count). The summed E-state index contributed by atoms with van der Waals surface area (Å²) < 4.78 is 0. The molecule has 1 saturated carbocycles. The van der Waals surface area contributed by atoms with Crippen molar-refractivity contribution in [2.45, 2.75) is 86.0 Å². The zero-order valence-electron chi connectivity index (χ0n) is 18.7. The molecule has 0 amide bonds. The fourth-order valence-electron chi connectivity index (χ4n) is 7.17. The highest BCUT2D eigenvalue weighted by Gasteiger charge is 2.52. The van der Waals surface area contributed by atoms with Gasteiger partial charge in [0.15, 0.2) is 0 Å². The van der Waals surface area contributed by atoms with Crippen LogP contribution in [-0.4, -0.2) is 5.11 Å². The van der Waals surface area contributed by atoms with E-state index in [2.05, 4.69) is 46.8 Å². The summed E-state index contributed by atoms with van der Waals surface area (Å²) >= 11 is 0. The van der Waals surface area contributed by atoms with Gasteiger partial charge in [0.1, 0.15) is 5.76 Å². The maximum Gasteiger partial charge on any atom is 0.111 e. The van der Waals surface area contributed by atoms with Gasteiger partial charge < -0.3 is 5.11 Å². The van der Waals surface area contributed by atoms with Crippen LogP contribution in [0.5, 0.6) is 0 Å². The van der Waals surface area contributed by atoms with Crippen LogP contribution in [0.2, 0.25) is 0 Å². The van der Waals surface area contributed by atoms with Crippen molar-refractivity contribution in [1.82, 2.24) is 0 Å². The number of fused-ring (bicyclic) bond motifs is 4. The summed E-state index contributed by atoms with van der Waals surface area (Å²) in [5, 5.41) is 9.99. The molecule has 1 nitrogen and oxygen atoms in total. The van der Waals surface area contributed by atoms with E-state index in [0.29, 0.717) is 17.1 Å². The van der Waals surface area contributed by atoms with Gasteiger partial charge in [0.2, 0.25) is 0 Å². The van der Waals surface area contributed by atoms with E-state index in [0.717, 1.165) is 24.2 Å². The first-order valence-corrected chi connectivity index (χ1v) is 11.8. The minimum Gasteiger partial charge on any atom is -0.508 e. The number of hydrogen-bond acceptors (Lipinski definition) is 1. The van der Waals surface area contributed by atoms with Gasteiger partial charge in [0.25, 0.3) is 0 Å². The van der Waals surface area contributed by atoms with Crippen molar-refractivity contribution >= 4 is 0 Å². The third-order valence-corrected chi connectivity index (χ3v) is 8.93. The van der Waals surface area contributed by atoms with Crippen molar-refractivity contribution in [1.29, 1.82) is 0 Å². The molecule has 4 aliphatic rings. The second-order valence-corrected chi connectivity index (χ2v) is 11.1. The summed E-state index contributed by atoms with van der Waals surface area (Å²) in [4.78, 5) is 0. The lowest BCUT2D eigenvalue weighted by molar-refractivity contribution is 0.131. The third kappa shape index (κ3) is 3.14. The molecule has 0 aliphatic heterocycles. The van der Waals surface area contributed by atoms with Crippen LogP contribution in [0.3, 0.4) is 0 Å². The molecule has 1 fully saturated rings. The first-order chi connectivity index (χ1) is 13.3. The molecule has 0 heterocycles. The molecule has 0 radical (unpaired) electrons. The van der Waals surface area contributed by atoms with E-state index in [1.54, 1.807) is 11.1 Å². The van der Waals surface area contributed by atoms with Gasteiger partial charge in [-0.15, -0.1) is 0 Å². The first-order valence-electron chi connectivity index (χ1n) is 11.8. The summed E-state index contributed by atoms with van der Waals surface area (Å²) in [5.74, 6) is 3.61. The van der Waals surface area contributed by atoms with Gasteiger partial charge in [0.05, 0.1) is 0 Å². The Morgan fingerprint density at radius 2 is 1.86 bits per heavy atom. The minimum absolute atomic E-state index is 0.172. The predicted octanol–water partition coefficient (Wildman–Crippen LogP) is 7.92. The van der Waals surface area contributed by atoms with Crippen molar-refractivity contribution < 1.29 is 5.11 Å². The van der Waals surface area contributed by atoms with E-state index in [1.807, 2.05) is 12.2 Å². The monoisotopic (exact) mass is 380 g/mol. The van der Waals surface area contributed by atoms with Crippen LogP contribution in [-0.2, 0) is 0 Å². The first kappa shape index (κ1) is 20.0. The van der Waals surface area contributed by atoms with Gasteiger partial charge in [-0.05, 0) is 84.5 Å². The maximum absolute atomic E-state index is 9.99. The molecule has 0 bridgehead atoms. The van der Waals surface area contributed by atoms with Crippen molar-refractivity contribution in [2.75, 3.05) is 0 Å². The highest BCUT2D eigenvalue weighted by atomic mass is 16.3. The summed E-state index contributed by atoms with van der Waals surface area (Å²) in [5.41, 5.74) is 5.38. The molecule has 0 aromatic rings. The molecule has 0 aromatic heterocycles. The molecular formula is C27H40O. The van der Waals surface area contributed by atoms with Crippen molar-refractivity contribution in [3.05, 3.63) is 46.8 Å². The number of aliphatic hydroxyl groups excluding tert-OH is 1. The van der Waals surface area contributed by atoms with E-state index in [4.69, 9.17) is 0 Å². The zero-order chi connectivity index (χ0) is 20.1. The summed E-state index contributed by atoms with van der Waals surface area (Å²) in [6, 6.07) is 0. The van der Waals surface area contributed by atoms with Crippen molar-refractivity contribution in [2.24, 2.45) is 34.5 Å². The fourth-order valence-corrected chi connectivity index (χ4v) is 7.17. The van der Waals surface area contributed by atoms with Crippen LogP contribution in [0.4, 0.5) is 0 Å². The number of hydrogen-bond donors (Lipinski definition) is 1. The predicted molar refractivity (Wildman–Crippen MR) is 119 cm³/mol. The average Bonchev–Trinajstić information content (AvgIpc) is 2.99. The smallest absolute Gasteiger partial charge is 0.111 e. The quantitative estimate of drug-likeness (QED) is 0.513. The Hall–Kier alpha value is -1.24. The third-order valence-electron chi connectivity index (χ3n) is 8.93. The normalized spacial score (nSPS) is 37.9. The van der Waals surface area contributed by atoms with E-state index in [9.17, 15) is 5.11 Å². The lowest BCUT2D eigenvalue weighted by Gasteiger charge is -2.50. The Morgan fingerprint density at radius 1 is 1.07 bits per heavy atom. The molecule has 1 heteroatoms. The van der Waals surface area contributed by atoms with Gasteiger partial charge in [0, 0.05) is 5.41 Å². The van der Waals surface area contributed by atoms with E-state index < -0.39 is 0 Å². The molecule has 5 atom stereocenters. The van der Waals surface area contributed by atoms with Crippen LogP contribution >= 0.6 is 0 Å². The Morgan fingerprint density at radius 3 is 2.61 bits per heavy atom. The second kappa shape index (κ2) is 7.22. The van der Waals surface area contributed by atoms with E-state index in [-0.39, 0.29) is 5.41 Å². The average molecular weight is 381 g/mol. The van der Waals surface area contributed by atoms with E-state index >= 15 is 0 Å². The minimum atomic E-state index is 0.172. The molecule has 28 heavy (non-hydrogen) atoms. The Kier molecular flexibility index (Phi) is 5.17. The Bertz CT molecular complexity index is 748. The maximum atomic E-state index is 9.99. The van der Waals surface area contributed by atoms with Crippen LogP contribution in [0.1, 0.15) is 86.0 Å². The van der Waals surface area contributed by atoms with Gasteiger partial charge >= 0.3 is 0 Å². The highest BCUT2D eigenvalue weighted by molar-refractivity contribution is 5.50. The van der Waals surface area contributed by atoms with Crippen molar-refractivity contribution in [3.8, 4) is 0 Å². The van der Waals surface area contributed by atoms with Gasteiger partial charge in [-0.1, -0.05) is 71.6 Å². The SMILES string of the molecule is CC(C)CCC[C@@H](C)[C@H]1CCC2=C3C=CC4=CC(O)=CC[C@]4(C)[C@H]3CC[C@@]21C. The molecule has 154 valence electrons. The van der Waals surface area contributed by atoms with E-state index in [1.165, 1.54) is 50.5 Å². The molecular weight excluding hydrogens is 340 g/mol. The van der Waals surface area contributed by atoms with Crippen LogP contribution in [0, 0.1) is 34.5 Å². The standard InChI is InChI=1S/C27H40O/c1-18(2)7-6-8-19(3)23-11-12-24-22-10-9-20-17-21(28)13-15-26(20,4)25(22)14-16-27(23,24)5/h9-10,13,17-19,23,25,28H,6-8,11-12,14-16H2,1-5H3/t19-,23-,25+,26+,27-/m1/s1. The molecule has 0 saturated heterocycles. The fraction of sp³-hybridized carbons (Fsp3) is 0.704. The van der Waals surface area contributed by atoms with Gasteiger partial charge in [-0.25, -0.2) is 0 Å². The second-order valence-electron chi connectivity index (χ2n) is 11.1. The van der Waals surface area contributed by atoms with Gasteiger partial charge in [-0.2, -0.15) is 0 Å². The van der Waals surface area contributed by atoms with Crippen LogP contribution in [0.25, 0.3) is 0 Å². The van der Waals surface area contributed by atoms with Crippen molar-refractivity contribution in [3.63, 3.8) is 0 Å². The topological polar surface area (TPSA) is 20.2 Å². The highest BCUT2D eigenvalue weighted by Crippen LogP contribution is 2.63. The summed E-state index contributed by atoms with van der Waals surface area (Å²) in [6.45, 7) is 12.3. The number of rotatable bonds is 5. The molecule has 0 spiro atoms. The number of allylic oxidation sites excluding steroid dienone is 7. The van der Waals surface area contributed by atoms with Crippen LogP contribution < -0.4 is 0 Å². The molecule has 0 unspecified atom stereocenters. The summed E-state index contributed by atoms with van der Waals surface area (Å²) in [6.07, 6.45) is 19.3. The Balaban J connectivity index is 1.60. The van der Waals surface area contributed by atoms with Gasteiger partial charge in [-0.3, -0.25) is 0 Å². The largest absolute Gasteiger partial charge is 0.508 e.